The van der Waals surface area contributed by atoms with Gasteiger partial charge in [0.1, 0.15) is 24.8 Å². The van der Waals surface area contributed by atoms with E-state index in [0.717, 1.165) is 5.69 Å². The molecule has 11 heteroatoms. The van der Waals surface area contributed by atoms with Crippen molar-refractivity contribution in [1.82, 2.24) is 14.8 Å². The van der Waals surface area contributed by atoms with Crippen LogP contribution in [0.5, 0.6) is 5.75 Å². The van der Waals surface area contributed by atoms with Crippen molar-refractivity contribution in [2.24, 2.45) is 0 Å². The Morgan fingerprint density at radius 2 is 1.96 bits per heavy atom. The van der Waals surface area contributed by atoms with E-state index in [1.165, 1.54) is 10.9 Å². The van der Waals surface area contributed by atoms with Crippen LogP contribution in [-0.2, 0) is 10.2 Å². The molecule has 2 aromatic rings. The van der Waals surface area contributed by atoms with E-state index in [1.807, 2.05) is 20.8 Å². The quantitative estimate of drug-likeness (QED) is 0.647. The summed E-state index contributed by atoms with van der Waals surface area (Å²) in [7, 11) is 0. The van der Waals surface area contributed by atoms with Gasteiger partial charge in [-0.1, -0.05) is 55.6 Å². The van der Waals surface area contributed by atoms with Crippen LogP contribution in [0.2, 0.25) is 0 Å². The van der Waals surface area contributed by atoms with Crippen molar-refractivity contribution in [1.29, 1.82) is 0 Å². The molecule has 0 saturated carbocycles. The number of rotatable bonds is 6. The first-order chi connectivity index (χ1) is 13.0. The number of hydrogen-bond acceptors (Lipinski definition) is 6. The number of aliphatic hydroxyl groups excluding tert-OH is 1. The number of amides is 1. The third-order valence-corrected chi connectivity index (χ3v) is 3.71. The lowest BCUT2D eigenvalue weighted by molar-refractivity contribution is 0.163. The molecule has 2 aromatic heterocycles. The van der Waals surface area contributed by atoms with Gasteiger partial charge in [-0.15, -0.1) is 0 Å². The van der Waals surface area contributed by atoms with Crippen LogP contribution in [0.1, 0.15) is 26.5 Å². The molecule has 0 radical (unpaired) electrons. The van der Waals surface area contributed by atoms with E-state index in [9.17, 15) is 4.79 Å². The van der Waals surface area contributed by atoms with E-state index in [-0.39, 0.29) is 18.6 Å². The molecule has 0 bridgehead atoms. The smallest absolute Gasteiger partial charge is 0.412 e. The van der Waals surface area contributed by atoms with Crippen LogP contribution >= 0.6 is 34.8 Å². The number of hydrogen-bond donors (Lipinski definition) is 2. The van der Waals surface area contributed by atoms with Gasteiger partial charge in [-0.05, 0) is 0 Å². The lowest BCUT2D eigenvalue weighted by Crippen LogP contribution is -2.22. The number of nitrogens with zero attached hydrogens (tertiary/aromatic N) is 3. The summed E-state index contributed by atoms with van der Waals surface area (Å²) in [6.07, 6.45) is 2.27. The monoisotopic (exact) mass is 450 g/mol. The fourth-order valence-electron chi connectivity index (χ4n) is 2.09. The van der Waals surface area contributed by atoms with Gasteiger partial charge >= 0.3 is 6.09 Å². The van der Waals surface area contributed by atoms with Crippen molar-refractivity contribution in [3.8, 4) is 11.4 Å². The summed E-state index contributed by atoms with van der Waals surface area (Å²) in [4.78, 5) is 16.2. The van der Waals surface area contributed by atoms with Crippen molar-refractivity contribution in [2.45, 2.75) is 30.0 Å². The predicted molar refractivity (Wildman–Crippen MR) is 108 cm³/mol. The summed E-state index contributed by atoms with van der Waals surface area (Å²) in [5.41, 5.74) is 0.996. The minimum atomic E-state index is -1.71. The third kappa shape index (κ3) is 6.70. The zero-order valence-corrected chi connectivity index (χ0v) is 17.8. The second-order valence-corrected chi connectivity index (χ2v) is 9.36. The highest BCUT2D eigenvalue weighted by Crippen LogP contribution is 2.28. The Bertz CT molecular complexity index is 815. The van der Waals surface area contributed by atoms with Crippen molar-refractivity contribution >= 4 is 46.7 Å². The van der Waals surface area contributed by atoms with Gasteiger partial charge in [0.15, 0.2) is 0 Å². The molecule has 0 spiro atoms. The maximum atomic E-state index is 12.1. The third-order valence-electron chi connectivity index (χ3n) is 3.38. The first kappa shape index (κ1) is 22.5. The van der Waals surface area contributed by atoms with Crippen LogP contribution in [0.3, 0.4) is 0 Å². The molecule has 0 aliphatic heterocycles. The lowest BCUT2D eigenvalue weighted by Gasteiger charge is -2.14. The molecule has 28 heavy (non-hydrogen) atoms. The van der Waals surface area contributed by atoms with Gasteiger partial charge in [-0.3, -0.25) is 10.3 Å². The fraction of sp³-hybridized carbons (Fsp3) is 0.471. The topological polar surface area (TPSA) is 98.5 Å². The van der Waals surface area contributed by atoms with E-state index in [4.69, 9.17) is 49.4 Å². The maximum absolute atomic E-state index is 12.1. The predicted octanol–water partition coefficient (Wildman–Crippen LogP) is 3.85. The molecule has 0 aliphatic rings. The number of nitrogens with one attached hydrogen (secondary N) is 1. The Balaban J connectivity index is 2.32. The van der Waals surface area contributed by atoms with Gasteiger partial charge in [0.2, 0.25) is 3.79 Å². The zero-order valence-electron chi connectivity index (χ0n) is 15.6. The molecule has 2 N–H and O–H groups in total. The van der Waals surface area contributed by atoms with Gasteiger partial charge in [-0.2, -0.15) is 5.10 Å². The first-order valence-corrected chi connectivity index (χ1v) is 9.43. The minimum absolute atomic E-state index is 0.123. The van der Waals surface area contributed by atoms with E-state index >= 15 is 0 Å². The summed E-state index contributed by atoms with van der Waals surface area (Å²) < 4.78 is 10.1. The standard InChI is InChI=1S/C17H21Cl3N4O4/c1-16(2,3)13-7-14(22-15(26)28-10-17(18,19)20)24(23-13)11-6-12(9-21-8-11)27-5-4-25/h6-9,25H,4-5,10H2,1-3H3,(H,22,26). The number of anilines is 1. The lowest BCUT2D eigenvalue weighted by atomic mass is 9.92. The highest BCUT2D eigenvalue weighted by atomic mass is 35.6. The Hall–Kier alpha value is -1.74. The number of carbonyl (C=O) groups excluding carboxylic acids is 1. The highest BCUT2D eigenvalue weighted by molar-refractivity contribution is 6.67. The van der Waals surface area contributed by atoms with Gasteiger partial charge < -0.3 is 14.6 Å². The van der Waals surface area contributed by atoms with Gasteiger partial charge in [0.05, 0.1) is 30.4 Å². The molecule has 0 fully saturated rings. The largest absolute Gasteiger partial charge is 0.490 e. The molecule has 2 heterocycles. The zero-order chi connectivity index (χ0) is 20.9. The normalized spacial score (nSPS) is 12.0. The minimum Gasteiger partial charge on any atom is -0.490 e. The van der Waals surface area contributed by atoms with E-state index in [0.29, 0.717) is 17.3 Å². The molecule has 2 rings (SSSR count). The number of carbonyl (C=O) groups is 1. The van der Waals surface area contributed by atoms with Crippen LogP contribution in [-0.4, -0.2) is 49.6 Å². The number of aliphatic hydroxyl groups is 1. The summed E-state index contributed by atoms with van der Waals surface area (Å²) in [6.45, 7) is 5.57. The number of aromatic nitrogens is 3. The number of alkyl halides is 3. The van der Waals surface area contributed by atoms with Crippen molar-refractivity contribution in [2.75, 3.05) is 25.1 Å². The van der Waals surface area contributed by atoms with Crippen molar-refractivity contribution < 1.29 is 19.4 Å². The van der Waals surface area contributed by atoms with Crippen molar-refractivity contribution in [3.63, 3.8) is 0 Å². The Kier molecular flexibility index (Phi) is 7.39. The number of pyridine rings is 1. The van der Waals surface area contributed by atoms with Crippen LogP contribution in [0.25, 0.3) is 5.69 Å². The Labute approximate surface area is 177 Å². The molecule has 0 aliphatic carbocycles. The van der Waals surface area contributed by atoms with Crippen LogP contribution < -0.4 is 10.1 Å². The second-order valence-electron chi connectivity index (χ2n) is 6.84. The molecular weight excluding hydrogens is 431 g/mol. The van der Waals surface area contributed by atoms with E-state index < -0.39 is 16.5 Å². The summed E-state index contributed by atoms with van der Waals surface area (Å²) >= 11 is 16.8. The van der Waals surface area contributed by atoms with Crippen LogP contribution in [0.15, 0.2) is 24.5 Å². The molecule has 0 atom stereocenters. The number of ether oxygens (including phenoxy) is 2. The molecule has 154 valence electrons. The maximum Gasteiger partial charge on any atom is 0.412 e. The van der Waals surface area contributed by atoms with Gasteiger partial charge in [0, 0.05) is 17.5 Å². The number of halogens is 3. The van der Waals surface area contributed by atoms with Crippen LogP contribution in [0.4, 0.5) is 10.6 Å². The SMILES string of the molecule is CC(C)(C)c1cc(NC(=O)OCC(Cl)(Cl)Cl)n(-c2cncc(OCCO)c2)n1. The Morgan fingerprint density at radius 1 is 1.25 bits per heavy atom. The van der Waals surface area contributed by atoms with Gasteiger partial charge in [0.25, 0.3) is 0 Å². The molecule has 0 saturated heterocycles. The highest BCUT2D eigenvalue weighted by Gasteiger charge is 2.24. The average molecular weight is 452 g/mol. The summed E-state index contributed by atoms with van der Waals surface area (Å²) in [5, 5.41) is 16.1. The molecule has 8 nitrogen and oxygen atoms in total. The van der Waals surface area contributed by atoms with Gasteiger partial charge in [-0.25, -0.2) is 9.48 Å². The summed E-state index contributed by atoms with van der Waals surface area (Å²) in [5.74, 6) is 0.796. The first-order valence-electron chi connectivity index (χ1n) is 8.30. The molecule has 0 aromatic carbocycles. The fourth-order valence-corrected chi connectivity index (χ4v) is 2.25. The summed E-state index contributed by atoms with van der Waals surface area (Å²) in [6, 6.07) is 3.40. The van der Waals surface area contributed by atoms with E-state index in [1.54, 1.807) is 18.3 Å². The molecule has 0 unspecified atom stereocenters. The van der Waals surface area contributed by atoms with Crippen molar-refractivity contribution in [3.05, 3.63) is 30.2 Å². The average Bonchev–Trinajstić information content (AvgIpc) is 3.02. The Morgan fingerprint density at radius 3 is 2.57 bits per heavy atom. The van der Waals surface area contributed by atoms with Crippen LogP contribution in [0, 0.1) is 0 Å². The molecule has 1 amide bonds. The van der Waals surface area contributed by atoms with E-state index in [2.05, 4.69) is 15.4 Å². The second kappa shape index (κ2) is 9.17. The molecular formula is C17H21Cl3N4O4.